The van der Waals surface area contributed by atoms with Gasteiger partial charge in [-0.1, -0.05) is 25.3 Å². The maximum absolute atomic E-state index is 10.8. The van der Waals surface area contributed by atoms with E-state index in [-0.39, 0.29) is 51.0 Å². The zero-order valence-corrected chi connectivity index (χ0v) is 19.0. The van der Waals surface area contributed by atoms with Gasteiger partial charge in [-0.05, 0) is 13.8 Å². The molecule has 0 radical (unpaired) electrons. The normalized spacial score (nSPS) is 12.9. The Balaban J connectivity index is -0.000000411. The zero-order chi connectivity index (χ0) is 21.0. The van der Waals surface area contributed by atoms with Crippen molar-refractivity contribution in [2.24, 2.45) is 0 Å². The Morgan fingerprint density at radius 1 is 0.852 bits per heavy atom. The Labute approximate surface area is 189 Å². The number of rotatable bonds is 10. The van der Waals surface area contributed by atoms with Crippen molar-refractivity contribution in [2.75, 3.05) is 13.2 Å². The largest absolute Gasteiger partial charge is 2.00 e. The number of carbonyl (C=O) groups excluding carboxylic acids is 2. The van der Waals surface area contributed by atoms with Gasteiger partial charge in [-0.25, -0.2) is 16.8 Å². The maximum Gasteiger partial charge on any atom is 2.00 e. The summed E-state index contributed by atoms with van der Waals surface area (Å²) in [5.41, 5.74) is 0. The molecule has 0 aliphatic heterocycles. The van der Waals surface area contributed by atoms with Crippen LogP contribution < -0.4 is 0 Å². The first-order valence-corrected chi connectivity index (χ1v) is 10.1. The molecule has 10 nitrogen and oxygen atoms in total. The zero-order valence-electron chi connectivity index (χ0n) is 15.2. The number of esters is 2. The summed E-state index contributed by atoms with van der Waals surface area (Å²) in [7, 11) is -8.80. The van der Waals surface area contributed by atoms with Crippen LogP contribution in [0.15, 0.2) is 25.3 Å². The first-order valence-electron chi connectivity index (χ1n) is 7.18. The SMILES string of the molecule is C=CCOC(=O)CC(C)S(=O)(=O)[O-].C=CCOC(=O)CC(C)S(=O)(=O)[O-].[Ca+2]. The van der Waals surface area contributed by atoms with Crippen molar-refractivity contribution in [1.82, 2.24) is 0 Å². The second kappa shape index (κ2) is 15.4. The van der Waals surface area contributed by atoms with E-state index < -0.39 is 55.5 Å². The van der Waals surface area contributed by atoms with Gasteiger partial charge < -0.3 is 18.6 Å². The van der Waals surface area contributed by atoms with Crippen LogP contribution in [-0.2, 0) is 39.3 Å². The van der Waals surface area contributed by atoms with E-state index >= 15 is 0 Å². The molecule has 0 N–H and O–H groups in total. The molecule has 0 aromatic rings. The molecule has 0 saturated heterocycles. The Kier molecular flexibility index (Phi) is 17.8. The third-order valence-corrected chi connectivity index (χ3v) is 4.92. The smallest absolute Gasteiger partial charge is 0.748 e. The second-order valence-electron chi connectivity index (χ2n) is 4.96. The van der Waals surface area contributed by atoms with Gasteiger partial charge in [-0.15, -0.1) is 0 Å². The Hall–Kier alpha value is -0.500. The first kappa shape index (κ1) is 31.2. The summed E-state index contributed by atoms with van der Waals surface area (Å²) in [4.78, 5) is 21.6. The molecule has 0 bridgehead atoms. The van der Waals surface area contributed by atoms with E-state index in [1.165, 1.54) is 12.2 Å². The summed E-state index contributed by atoms with van der Waals surface area (Å²) in [6, 6.07) is 0. The third kappa shape index (κ3) is 18.6. The van der Waals surface area contributed by atoms with Crippen molar-refractivity contribution >= 4 is 69.9 Å². The number of carbonyl (C=O) groups is 2. The fourth-order valence-corrected chi connectivity index (χ4v) is 1.78. The van der Waals surface area contributed by atoms with Gasteiger partial charge in [0.05, 0.1) is 43.6 Å². The quantitative estimate of drug-likeness (QED) is 0.185. The number of hydrogen-bond donors (Lipinski definition) is 0. The molecule has 27 heavy (non-hydrogen) atoms. The molecule has 0 aromatic carbocycles. The summed E-state index contributed by atoms with van der Waals surface area (Å²) in [6.45, 7) is 8.97. The topological polar surface area (TPSA) is 167 Å². The monoisotopic (exact) mass is 454 g/mol. The molecular weight excluding hydrogens is 432 g/mol. The van der Waals surface area contributed by atoms with E-state index in [1.807, 2.05) is 0 Å². The van der Waals surface area contributed by atoms with Crippen LogP contribution in [-0.4, -0.2) is 99.3 Å². The standard InChI is InChI=1S/2C7H12O5S.Ca/c2*1-3-4-12-7(8)5-6(2)13(9,10)11;/h2*3,6H,1,4-5H2,2H3,(H,9,10,11);/q;;+2/p-2. The molecule has 0 heterocycles. The summed E-state index contributed by atoms with van der Waals surface area (Å²) < 4.78 is 71.1. The van der Waals surface area contributed by atoms with E-state index in [0.29, 0.717) is 0 Å². The summed E-state index contributed by atoms with van der Waals surface area (Å²) >= 11 is 0. The molecule has 0 fully saturated rings. The molecule has 0 aliphatic rings. The van der Waals surface area contributed by atoms with Gasteiger partial charge in [0, 0.05) is 0 Å². The van der Waals surface area contributed by atoms with Crippen molar-refractivity contribution in [2.45, 2.75) is 37.2 Å². The molecule has 0 aromatic heterocycles. The van der Waals surface area contributed by atoms with Crippen LogP contribution in [0.25, 0.3) is 0 Å². The Bertz CT molecular complexity index is 625. The molecular formula is C14H22CaO10S2. The van der Waals surface area contributed by atoms with E-state index in [4.69, 9.17) is 0 Å². The van der Waals surface area contributed by atoms with Crippen LogP contribution in [0, 0.1) is 0 Å². The van der Waals surface area contributed by atoms with Crippen LogP contribution in [0.3, 0.4) is 0 Å². The van der Waals surface area contributed by atoms with Crippen molar-refractivity contribution in [3.63, 3.8) is 0 Å². The molecule has 152 valence electrons. The van der Waals surface area contributed by atoms with Gasteiger partial charge in [0.2, 0.25) is 0 Å². The van der Waals surface area contributed by atoms with Gasteiger partial charge in [-0.2, -0.15) is 0 Å². The van der Waals surface area contributed by atoms with Crippen molar-refractivity contribution in [3.05, 3.63) is 25.3 Å². The predicted octanol–water partition coefficient (Wildman–Crippen LogP) is -0.302. The van der Waals surface area contributed by atoms with Gasteiger partial charge in [0.25, 0.3) is 0 Å². The third-order valence-electron chi connectivity index (χ3n) is 2.62. The minimum Gasteiger partial charge on any atom is -0.748 e. The summed E-state index contributed by atoms with van der Waals surface area (Å²) in [5.74, 6) is -1.43. The van der Waals surface area contributed by atoms with Gasteiger partial charge in [0.1, 0.15) is 13.2 Å². The molecule has 0 aliphatic carbocycles. The Morgan fingerprint density at radius 3 is 1.30 bits per heavy atom. The molecule has 13 heteroatoms. The van der Waals surface area contributed by atoms with Gasteiger partial charge in [0.15, 0.2) is 0 Å². The van der Waals surface area contributed by atoms with E-state index in [2.05, 4.69) is 22.6 Å². The maximum atomic E-state index is 10.8. The Morgan fingerprint density at radius 2 is 1.11 bits per heavy atom. The van der Waals surface area contributed by atoms with Crippen LogP contribution in [0.2, 0.25) is 0 Å². The van der Waals surface area contributed by atoms with Gasteiger partial charge in [-0.3, -0.25) is 9.59 Å². The van der Waals surface area contributed by atoms with Crippen molar-refractivity contribution in [3.8, 4) is 0 Å². The van der Waals surface area contributed by atoms with Crippen LogP contribution in [0.1, 0.15) is 26.7 Å². The second-order valence-corrected chi connectivity index (χ2v) is 8.54. The fourth-order valence-electron chi connectivity index (χ4n) is 1.10. The minimum absolute atomic E-state index is 0. The molecule has 0 saturated carbocycles. The number of ether oxygens (including phenoxy) is 2. The molecule has 2 unspecified atom stereocenters. The molecule has 0 spiro atoms. The molecule has 0 rings (SSSR count). The minimum atomic E-state index is -4.40. The molecule has 2 atom stereocenters. The van der Waals surface area contributed by atoms with Gasteiger partial charge >= 0.3 is 49.7 Å². The average Bonchev–Trinajstić information content (AvgIpc) is 2.49. The van der Waals surface area contributed by atoms with E-state index in [9.17, 15) is 35.5 Å². The molecule has 0 amide bonds. The van der Waals surface area contributed by atoms with Crippen LogP contribution in [0.4, 0.5) is 0 Å². The van der Waals surface area contributed by atoms with Crippen molar-refractivity contribution < 1.29 is 45.0 Å². The van der Waals surface area contributed by atoms with Crippen LogP contribution in [0.5, 0.6) is 0 Å². The number of hydrogen-bond acceptors (Lipinski definition) is 10. The average molecular weight is 455 g/mol. The fraction of sp³-hybridized carbons (Fsp3) is 0.571. The van der Waals surface area contributed by atoms with E-state index in [1.54, 1.807) is 0 Å². The summed E-state index contributed by atoms with van der Waals surface area (Å²) in [5, 5.41) is -2.49. The summed E-state index contributed by atoms with van der Waals surface area (Å²) in [6.07, 6.45) is 1.88. The van der Waals surface area contributed by atoms with E-state index in [0.717, 1.165) is 13.8 Å². The van der Waals surface area contributed by atoms with Crippen molar-refractivity contribution in [1.29, 1.82) is 0 Å². The predicted molar refractivity (Wildman–Crippen MR) is 95.6 cm³/mol. The first-order chi connectivity index (χ1) is 11.8. The van der Waals surface area contributed by atoms with Crippen LogP contribution >= 0.6 is 0 Å².